The highest BCUT2D eigenvalue weighted by atomic mass is 79.9. The van der Waals surface area contributed by atoms with Crippen LogP contribution in [0.3, 0.4) is 0 Å². The van der Waals surface area contributed by atoms with Crippen LogP contribution in [0.5, 0.6) is 5.75 Å². The summed E-state index contributed by atoms with van der Waals surface area (Å²) in [7, 11) is 1.59. The predicted molar refractivity (Wildman–Crippen MR) is 65.1 cm³/mol. The van der Waals surface area contributed by atoms with Gasteiger partial charge in [-0.3, -0.25) is 9.59 Å². The summed E-state index contributed by atoms with van der Waals surface area (Å²) in [5, 5.41) is 0. The zero-order valence-electron chi connectivity index (χ0n) is 9.41. The summed E-state index contributed by atoms with van der Waals surface area (Å²) in [6, 6.07) is 5.39. The smallest absolute Gasteiger partial charge is 0.216 e. The Morgan fingerprint density at radius 2 is 2.00 bits per heavy atom. The van der Waals surface area contributed by atoms with Crippen molar-refractivity contribution < 1.29 is 14.3 Å². The molecule has 0 heterocycles. The van der Waals surface area contributed by atoms with Gasteiger partial charge in [-0.05, 0) is 24.1 Å². The molecule has 1 atom stereocenters. The predicted octanol–water partition coefficient (Wildman–Crippen LogP) is 2.60. The van der Waals surface area contributed by atoms with Crippen molar-refractivity contribution in [2.45, 2.75) is 18.7 Å². The van der Waals surface area contributed by atoms with E-state index in [0.717, 1.165) is 16.9 Å². The van der Waals surface area contributed by atoms with Gasteiger partial charge < -0.3 is 4.74 Å². The van der Waals surface area contributed by atoms with Crippen LogP contribution in [0.25, 0.3) is 0 Å². The Morgan fingerprint density at radius 3 is 2.44 bits per heavy atom. The van der Waals surface area contributed by atoms with E-state index in [2.05, 4.69) is 15.9 Å². The second-order valence-electron chi connectivity index (χ2n) is 3.51. The average Bonchev–Trinajstić information content (AvgIpc) is 2.26. The van der Waals surface area contributed by atoms with Gasteiger partial charge in [-0.1, -0.05) is 28.1 Å². The number of ether oxygens (including phenoxy) is 1. The molecule has 3 nitrogen and oxygen atoms in total. The first-order valence-electron chi connectivity index (χ1n) is 4.80. The Kier molecular flexibility index (Phi) is 4.24. The highest BCUT2D eigenvalue weighted by Gasteiger charge is 2.21. The van der Waals surface area contributed by atoms with Crippen LogP contribution in [0, 0.1) is 6.92 Å². The van der Waals surface area contributed by atoms with Gasteiger partial charge in [-0.2, -0.15) is 0 Å². The molecule has 0 saturated heterocycles. The first kappa shape index (κ1) is 12.9. The monoisotopic (exact) mass is 284 g/mol. The summed E-state index contributed by atoms with van der Waals surface area (Å²) >= 11 is 3.22. The van der Waals surface area contributed by atoms with E-state index in [1.807, 2.05) is 13.0 Å². The molecule has 0 N–H and O–H groups in total. The van der Waals surface area contributed by atoms with Crippen molar-refractivity contribution in [3.8, 4) is 5.75 Å². The molecule has 1 aromatic carbocycles. The van der Waals surface area contributed by atoms with E-state index in [1.54, 1.807) is 19.2 Å². The summed E-state index contributed by atoms with van der Waals surface area (Å²) in [6.07, 6.45) is 0. The maximum Gasteiger partial charge on any atom is 0.216 e. The molecule has 1 unspecified atom stereocenters. The fraction of sp³-hybridized carbons (Fsp3) is 0.333. The summed E-state index contributed by atoms with van der Waals surface area (Å²) in [5.41, 5.74) is 1.69. The van der Waals surface area contributed by atoms with Gasteiger partial charge in [0, 0.05) is 6.92 Å². The molecular formula is C12H13BrO3. The minimum absolute atomic E-state index is 0.440. The highest BCUT2D eigenvalue weighted by molar-refractivity contribution is 9.09. The van der Waals surface area contributed by atoms with Crippen LogP contribution in [-0.2, 0) is 9.59 Å². The Balaban J connectivity index is 3.01. The van der Waals surface area contributed by atoms with Crippen molar-refractivity contribution in [3.63, 3.8) is 0 Å². The van der Waals surface area contributed by atoms with Crippen molar-refractivity contribution >= 4 is 27.5 Å². The van der Waals surface area contributed by atoms with Gasteiger partial charge >= 0.3 is 0 Å². The molecule has 4 heteroatoms. The number of ketones is 2. The van der Waals surface area contributed by atoms with Gasteiger partial charge in [-0.15, -0.1) is 0 Å². The Morgan fingerprint density at radius 1 is 1.38 bits per heavy atom. The van der Waals surface area contributed by atoms with Gasteiger partial charge in [0.15, 0.2) is 5.78 Å². The molecule has 0 aliphatic carbocycles. The van der Waals surface area contributed by atoms with Crippen LogP contribution in [0.4, 0.5) is 0 Å². The zero-order chi connectivity index (χ0) is 12.3. The Hall–Kier alpha value is -1.16. The molecule has 0 spiro atoms. The topological polar surface area (TPSA) is 43.4 Å². The molecule has 0 amide bonds. The van der Waals surface area contributed by atoms with E-state index in [9.17, 15) is 9.59 Å². The molecule has 0 fully saturated rings. The Labute approximate surface area is 103 Å². The zero-order valence-corrected chi connectivity index (χ0v) is 11.0. The fourth-order valence-electron chi connectivity index (χ4n) is 1.39. The van der Waals surface area contributed by atoms with E-state index in [-0.39, 0.29) is 0 Å². The fourth-order valence-corrected chi connectivity index (χ4v) is 2.00. The van der Waals surface area contributed by atoms with E-state index in [4.69, 9.17) is 4.74 Å². The normalized spacial score (nSPS) is 12.0. The number of methoxy groups -OCH3 is 1. The van der Waals surface area contributed by atoms with Crippen molar-refractivity contribution in [3.05, 3.63) is 29.3 Å². The summed E-state index contributed by atoms with van der Waals surface area (Å²) in [5.74, 6) is -0.126. The maximum atomic E-state index is 11.5. The second-order valence-corrected chi connectivity index (χ2v) is 4.43. The lowest BCUT2D eigenvalue weighted by atomic mass is 10.0. The number of hydrogen-bond donors (Lipinski definition) is 0. The number of Topliss-reactive ketones (excluding diaryl/α,β-unsaturated/α-hetero) is 2. The quantitative estimate of drug-likeness (QED) is 0.631. The third kappa shape index (κ3) is 2.70. The largest absolute Gasteiger partial charge is 0.496 e. The molecule has 1 rings (SSSR count). The van der Waals surface area contributed by atoms with E-state index >= 15 is 0 Å². The molecular weight excluding hydrogens is 272 g/mol. The first-order valence-corrected chi connectivity index (χ1v) is 5.72. The van der Waals surface area contributed by atoms with E-state index < -0.39 is 16.4 Å². The standard InChI is InChI=1S/C12H13BrO3/c1-7-6-9(4-5-10(7)16-3)11(13)12(15)8(2)14/h4-6,11H,1-3H3. The SMILES string of the molecule is COc1ccc(C(Br)C(=O)C(C)=O)cc1C. The summed E-state index contributed by atoms with van der Waals surface area (Å²) in [4.78, 5) is 21.9. The molecule has 0 aliphatic heterocycles. The van der Waals surface area contributed by atoms with Gasteiger partial charge in [0.25, 0.3) is 0 Å². The number of carbonyl (C=O) groups excluding carboxylic acids is 2. The van der Waals surface area contributed by atoms with Crippen molar-refractivity contribution in [1.29, 1.82) is 0 Å². The molecule has 0 bridgehead atoms. The molecule has 0 aliphatic rings. The van der Waals surface area contributed by atoms with Crippen LogP contribution < -0.4 is 4.74 Å². The van der Waals surface area contributed by atoms with E-state index in [0.29, 0.717) is 0 Å². The van der Waals surface area contributed by atoms with Crippen molar-refractivity contribution in [1.82, 2.24) is 0 Å². The lowest BCUT2D eigenvalue weighted by molar-refractivity contribution is -0.135. The number of rotatable bonds is 4. The van der Waals surface area contributed by atoms with Crippen LogP contribution >= 0.6 is 15.9 Å². The van der Waals surface area contributed by atoms with Gasteiger partial charge in [0.2, 0.25) is 5.78 Å². The molecule has 1 aromatic rings. The molecule has 16 heavy (non-hydrogen) atoms. The van der Waals surface area contributed by atoms with Crippen LogP contribution in [-0.4, -0.2) is 18.7 Å². The van der Waals surface area contributed by atoms with Gasteiger partial charge in [-0.25, -0.2) is 0 Å². The minimum atomic E-state index is -0.574. The van der Waals surface area contributed by atoms with Gasteiger partial charge in [0.1, 0.15) is 10.6 Å². The molecule has 86 valence electrons. The Bertz CT molecular complexity index is 426. The van der Waals surface area contributed by atoms with Gasteiger partial charge in [0.05, 0.1) is 7.11 Å². The number of halogens is 1. The third-order valence-corrected chi connectivity index (χ3v) is 3.23. The van der Waals surface area contributed by atoms with E-state index in [1.165, 1.54) is 6.92 Å². The third-order valence-electron chi connectivity index (χ3n) is 2.29. The number of alkyl halides is 1. The minimum Gasteiger partial charge on any atom is -0.496 e. The average molecular weight is 285 g/mol. The van der Waals surface area contributed by atoms with Crippen LogP contribution in [0.1, 0.15) is 22.9 Å². The molecule has 0 radical (unpaired) electrons. The van der Waals surface area contributed by atoms with Crippen LogP contribution in [0.2, 0.25) is 0 Å². The lowest BCUT2D eigenvalue weighted by Gasteiger charge is -2.10. The second kappa shape index (κ2) is 5.25. The number of carbonyl (C=O) groups is 2. The summed E-state index contributed by atoms with van der Waals surface area (Å²) in [6.45, 7) is 3.16. The van der Waals surface area contributed by atoms with Crippen molar-refractivity contribution in [2.24, 2.45) is 0 Å². The lowest BCUT2D eigenvalue weighted by Crippen LogP contribution is -2.15. The highest BCUT2D eigenvalue weighted by Crippen LogP contribution is 2.28. The summed E-state index contributed by atoms with van der Waals surface area (Å²) < 4.78 is 5.12. The first-order chi connectivity index (χ1) is 7.47. The number of aryl methyl sites for hydroxylation is 1. The van der Waals surface area contributed by atoms with Crippen molar-refractivity contribution in [2.75, 3.05) is 7.11 Å². The molecule has 0 saturated carbocycles. The van der Waals surface area contributed by atoms with Crippen LogP contribution in [0.15, 0.2) is 18.2 Å². The molecule has 0 aromatic heterocycles. The maximum absolute atomic E-state index is 11.5. The number of benzene rings is 1. The number of hydrogen-bond acceptors (Lipinski definition) is 3.